The fraction of sp³-hybridized carbons (Fsp3) is 0.812. The third kappa shape index (κ3) is 3.19. The summed E-state index contributed by atoms with van der Waals surface area (Å²) in [4.78, 5) is 14.5. The van der Waals surface area contributed by atoms with Crippen LogP contribution in [-0.4, -0.2) is 29.9 Å². The van der Waals surface area contributed by atoms with Crippen molar-refractivity contribution in [2.45, 2.75) is 58.4 Å². The van der Waals surface area contributed by atoms with Crippen LogP contribution in [0.25, 0.3) is 0 Å². The summed E-state index contributed by atoms with van der Waals surface area (Å²) in [6.07, 6.45) is 11.5. The molecular formula is C16H28N2O. The van der Waals surface area contributed by atoms with E-state index in [1.807, 2.05) is 4.90 Å². The van der Waals surface area contributed by atoms with Crippen molar-refractivity contribution in [2.24, 2.45) is 17.1 Å². The lowest BCUT2D eigenvalue weighted by molar-refractivity contribution is -0.137. The van der Waals surface area contributed by atoms with Crippen LogP contribution in [0.4, 0.5) is 0 Å². The zero-order valence-corrected chi connectivity index (χ0v) is 12.4. The molecule has 0 aromatic heterocycles. The maximum absolute atomic E-state index is 12.5. The van der Waals surface area contributed by atoms with E-state index < -0.39 is 0 Å². The fourth-order valence-corrected chi connectivity index (χ4v) is 3.42. The van der Waals surface area contributed by atoms with Gasteiger partial charge in [0.25, 0.3) is 0 Å². The smallest absolute Gasteiger partial charge is 0.239 e. The van der Waals surface area contributed by atoms with Gasteiger partial charge in [0.05, 0.1) is 6.04 Å². The maximum Gasteiger partial charge on any atom is 0.239 e. The summed E-state index contributed by atoms with van der Waals surface area (Å²) in [6.45, 7) is 5.99. The Morgan fingerprint density at radius 2 is 2.21 bits per heavy atom. The molecule has 0 bridgehead atoms. The van der Waals surface area contributed by atoms with E-state index in [9.17, 15) is 4.79 Å². The molecule has 0 aromatic carbocycles. The lowest BCUT2D eigenvalue weighted by atomic mass is 9.71. The summed E-state index contributed by atoms with van der Waals surface area (Å²) in [5.74, 6) is 0.444. The molecule has 1 saturated heterocycles. The van der Waals surface area contributed by atoms with Crippen molar-refractivity contribution in [3.05, 3.63) is 12.2 Å². The van der Waals surface area contributed by atoms with Crippen molar-refractivity contribution < 1.29 is 4.79 Å². The number of allylic oxidation sites excluding steroid dienone is 2. The van der Waals surface area contributed by atoms with Crippen molar-refractivity contribution in [3.8, 4) is 0 Å². The van der Waals surface area contributed by atoms with E-state index in [1.165, 1.54) is 19.3 Å². The number of hydrogen-bond acceptors (Lipinski definition) is 2. The van der Waals surface area contributed by atoms with Crippen LogP contribution in [0.3, 0.4) is 0 Å². The predicted octanol–water partition coefficient (Wildman–Crippen LogP) is 2.71. The lowest BCUT2D eigenvalue weighted by Crippen LogP contribution is -2.53. The molecule has 2 N–H and O–H groups in total. The highest BCUT2D eigenvalue weighted by molar-refractivity contribution is 5.82. The molecule has 1 aliphatic heterocycles. The van der Waals surface area contributed by atoms with E-state index in [4.69, 9.17) is 5.73 Å². The Morgan fingerprint density at radius 3 is 2.84 bits per heavy atom. The topological polar surface area (TPSA) is 46.3 Å². The zero-order chi connectivity index (χ0) is 13.9. The number of piperidine rings is 1. The molecule has 2 aliphatic rings. The van der Waals surface area contributed by atoms with Gasteiger partial charge in [-0.15, -0.1) is 0 Å². The molecule has 1 heterocycles. The molecule has 3 unspecified atom stereocenters. The van der Waals surface area contributed by atoms with E-state index in [0.29, 0.717) is 5.41 Å². The Bertz CT molecular complexity index is 353. The Morgan fingerprint density at radius 1 is 1.42 bits per heavy atom. The Hall–Kier alpha value is -0.830. The van der Waals surface area contributed by atoms with Crippen molar-refractivity contribution in [1.29, 1.82) is 0 Å². The van der Waals surface area contributed by atoms with Gasteiger partial charge in [0, 0.05) is 13.1 Å². The van der Waals surface area contributed by atoms with E-state index in [-0.39, 0.29) is 17.9 Å². The first-order chi connectivity index (χ1) is 9.08. The molecule has 3 nitrogen and oxygen atoms in total. The summed E-state index contributed by atoms with van der Waals surface area (Å²) in [7, 11) is 0. The molecular weight excluding hydrogens is 236 g/mol. The van der Waals surface area contributed by atoms with Gasteiger partial charge in [0.15, 0.2) is 0 Å². The molecule has 0 saturated carbocycles. The minimum Gasteiger partial charge on any atom is -0.341 e. The van der Waals surface area contributed by atoms with Crippen LogP contribution < -0.4 is 5.73 Å². The second kappa shape index (κ2) is 6.08. The Kier molecular flexibility index (Phi) is 4.67. The minimum absolute atomic E-state index is 0.169. The standard InChI is InChI=1S/C16H28N2O/c1-3-13(2)14(17)15(19)18-11-7-10-16(12-18)8-5-4-6-9-16/h4-5,13-14H,3,6-12,17H2,1-2H3. The number of carbonyl (C=O) groups excluding carboxylic acids is 1. The van der Waals surface area contributed by atoms with Gasteiger partial charge in [-0.05, 0) is 43.4 Å². The lowest BCUT2D eigenvalue weighted by Gasteiger charge is -2.44. The first-order valence-electron chi connectivity index (χ1n) is 7.77. The van der Waals surface area contributed by atoms with Gasteiger partial charge in [0.2, 0.25) is 5.91 Å². The molecule has 108 valence electrons. The summed E-state index contributed by atoms with van der Waals surface area (Å²) in [5.41, 5.74) is 6.46. The molecule has 0 radical (unpaired) electrons. The van der Waals surface area contributed by atoms with E-state index in [2.05, 4.69) is 26.0 Å². The van der Waals surface area contributed by atoms with Gasteiger partial charge < -0.3 is 10.6 Å². The third-order valence-corrected chi connectivity index (χ3v) is 5.07. The number of amides is 1. The van der Waals surface area contributed by atoms with Crippen LogP contribution in [0.5, 0.6) is 0 Å². The number of rotatable bonds is 3. The normalized spacial score (nSPS) is 30.4. The average Bonchev–Trinajstić information content (AvgIpc) is 2.45. The minimum atomic E-state index is -0.320. The van der Waals surface area contributed by atoms with Crippen LogP contribution in [0.15, 0.2) is 12.2 Å². The monoisotopic (exact) mass is 264 g/mol. The quantitative estimate of drug-likeness (QED) is 0.797. The Labute approximate surface area is 117 Å². The number of hydrogen-bond donors (Lipinski definition) is 1. The number of likely N-dealkylation sites (tertiary alicyclic amines) is 1. The van der Waals surface area contributed by atoms with Gasteiger partial charge in [0.1, 0.15) is 0 Å². The van der Waals surface area contributed by atoms with Gasteiger partial charge in [-0.25, -0.2) is 0 Å². The van der Waals surface area contributed by atoms with Crippen molar-refractivity contribution >= 4 is 5.91 Å². The molecule has 19 heavy (non-hydrogen) atoms. The molecule has 2 rings (SSSR count). The van der Waals surface area contributed by atoms with E-state index in [1.54, 1.807) is 0 Å². The number of carbonyl (C=O) groups is 1. The molecule has 1 spiro atoms. The van der Waals surface area contributed by atoms with Crippen LogP contribution in [0.1, 0.15) is 52.4 Å². The van der Waals surface area contributed by atoms with Crippen LogP contribution >= 0.6 is 0 Å². The van der Waals surface area contributed by atoms with Gasteiger partial charge in [-0.2, -0.15) is 0 Å². The van der Waals surface area contributed by atoms with Gasteiger partial charge in [-0.3, -0.25) is 4.79 Å². The van der Waals surface area contributed by atoms with Crippen molar-refractivity contribution in [3.63, 3.8) is 0 Å². The van der Waals surface area contributed by atoms with Crippen LogP contribution in [0, 0.1) is 11.3 Å². The predicted molar refractivity (Wildman–Crippen MR) is 78.7 cm³/mol. The average molecular weight is 264 g/mol. The molecule has 0 aromatic rings. The summed E-state index contributed by atoms with van der Waals surface area (Å²) >= 11 is 0. The molecule has 1 amide bonds. The summed E-state index contributed by atoms with van der Waals surface area (Å²) in [5, 5.41) is 0. The number of nitrogens with two attached hydrogens (primary N) is 1. The molecule has 1 aliphatic carbocycles. The molecule has 3 atom stereocenters. The first-order valence-corrected chi connectivity index (χ1v) is 7.77. The largest absolute Gasteiger partial charge is 0.341 e. The Balaban J connectivity index is 2.01. The fourth-order valence-electron chi connectivity index (χ4n) is 3.42. The van der Waals surface area contributed by atoms with Crippen molar-refractivity contribution in [1.82, 2.24) is 4.90 Å². The highest BCUT2D eigenvalue weighted by Gasteiger charge is 2.38. The van der Waals surface area contributed by atoms with Crippen molar-refractivity contribution in [2.75, 3.05) is 13.1 Å². The highest BCUT2D eigenvalue weighted by Crippen LogP contribution is 2.40. The molecule has 1 fully saturated rings. The van der Waals surface area contributed by atoms with Gasteiger partial charge in [-0.1, -0.05) is 32.4 Å². The summed E-state index contributed by atoms with van der Waals surface area (Å²) in [6, 6.07) is -0.320. The third-order valence-electron chi connectivity index (χ3n) is 5.07. The van der Waals surface area contributed by atoms with Crippen LogP contribution in [-0.2, 0) is 4.79 Å². The maximum atomic E-state index is 12.5. The second-order valence-corrected chi connectivity index (χ2v) is 6.49. The highest BCUT2D eigenvalue weighted by atomic mass is 16.2. The van der Waals surface area contributed by atoms with E-state index in [0.717, 1.165) is 32.4 Å². The van der Waals surface area contributed by atoms with Crippen LogP contribution in [0.2, 0.25) is 0 Å². The SMILES string of the molecule is CCC(C)C(N)C(=O)N1CCCC2(CC=CCC2)C1. The van der Waals surface area contributed by atoms with Gasteiger partial charge >= 0.3 is 0 Å². The number of nitrogens with zero attached hydrogens (tertiary/aromatic N) is 1. The molecule has 3 heteroatoms. The second-order valence-electron chi connectivity index (χ2n) is 6.49. The zero-order valence-electron chi connectivity index (χ0n) is 12.4. The summed E-state index contributed by atoms with van der Waals surface area (Å²) < 4.78 is 0. The van der Waals surface area contributed by atoms with E-state index >= 15 is 0 Å². The first kappa shape index (κ1) is 14.6.